The Bertz CT molecular complexity index is 909. The van der Waals surface area contributed by atoms with Crippen molar-refractivity contribution in [2.24, 2.45) is 0 Å². The van der Waals surface area contributed by atoms with E-state index in [-0.39, 0.29) is 11.8 Å². The van der Waals surface area contributed by atoms with Crippen molar-refractivity contribution in [1.29, 1.82) is 0 Å². The summed E-state index contributed by atoms with van der Waals surface area (Å²) in [5.41, 5.74) is 3.32. The minimum atomic E-state index is -0.0865. The molecule has 0 radical (unpaired) electrons. The van der Waals surface area contributed by atoms with Crippen LogP contribution in [0.2, 0.25) is 0 Å². The second kappa shape index (κ2) is 9.04. The summed E-state index contributed by atoms with van der Waals surface area (Å²) in [5.74, 6) is -0.0813. The number of nitrogens with one attached hydrogen (secondary N) is 1. The highest BCUT2D eigenvalue weighted by Crippen LogP contribution is 2.14. The molecule has 5 nitrogen and oxygen atoms in total. The zero-order valence-electron chi connectivity index (χ0n) is 16.3. The van der Waals surface area contributed by atoms with Gasteiger partial charge in [0.1, 0.15) is 0 Å². The summed E-state index contributed by atoms with van der Waals surface area (Å²) in [4.78, 5) is 26.4. The lowest BCUT2D eigenvalue weighted by Gasteiger charge is -2.18. The molecule has 0 unspecified atom stereocenters. The largest absolute Gasteiger partial charge is 0.339 e. The summed E-state index contributed by atoms with van der Waals surface area (Å²) in [5, 5.41) is 2.89. The summed E-state index contributed by atoms with van der Waals surface area (Å²) < 4.78 is 2.02. The van der Waals surface area contributed by atoms with Crippen molar-refractivity contribution in [3.63, 3.8) is 0 Å². The number of benzene rings is 2. The highest BCUT2D eigenvalue weighted by molar-refractivity contribution is 5.96. The molecule has 2 aromatic carbocycles. The number of hydrogen-bond acceptors (Lipinski definition) is 2. The minimum absolute atomic E-state index is 0.00524. The maximum Gasteiger partial charge on any atom is 0.253 e. The average molecular weight is 375 g/mol. The highest BCUT2D eigenvalue weighted by atomic mass is 16.2. The van der Waals surface area contributed by atoms with Crippen LogP contribution in [0.4, 0.5) is 5.69 Å². The zero-order valence-corrected chi connectivity index (χ0v) is 16.3. The Kier molecular flexibility index (Phi) is 6.27. The SMILES string of the molecule is CCN(CC)C(=O)c1ccc(NC(=O)Cc2ccc(-n3cccc3)cc2)cc1. The van der Waals surface area contributed by atoms with Gasteiger partial charge in [-0.3, -0.25) is 9.59 Å². The van der Waals surface area contributed by atoms with Crippen LogP contribution in [0.1, 0.15) is 29.8 Å². The first-order valence-electron chi connectivity index (χ1n) is 9.52. The predicted molar refractivity (Wildman–Crippen MR) is 112 cm³/mol. The van der Waals surface area contributed by atoms with Gasteiger partial charge in [0.25, 0.3) is 5.91 Å². The number of hydrogen-bond donors (Lipinski definition) is 1. The third kappa shape index (κ3) is 4.68. The fourth-order valence-electron chi connectivity index (χ4n) is 3.07. The number of nitrogens with zero attached hydrogens (tertiary/aromatic N) is 2. The lowest BCUT2D eigenvalue weighted by molar-refractivity contribution is -0.115. The first-order chi connectivity index (χ1) is 13.6. The molecule has 0 aliphatic heterocycles. The van der Waals surface area contributed by atoms with Crippen LogP contribution in [0.15, 0.2) is 73.1 Å². The molecule has 1 aromatic heterocycles. The van der Waals surface area contributed by atoms with Crippen LogP contribution in [-0.4, -0.2) is 34.4 Å². The summed E-state index contributed by atoms with van der Waals surface area (Å²) in [6.45, 7) is 5.27. The molecule has 1 heterocycles. The third-order valence-electron chi connectivity index (χ3n) is 4.67. The van der Waals surface area contributed by atoms with Crippen LogP contribution >= 0.6 is 0 Å². The molecule has 3 rings (SSSR count). The van der Waals surface area contributed by atoms with Crippen LogP contribution < -0.4 is 5.32 Å². The molecule has 0 spiro atoms. The van der Waals surface area contributed by atoms with Crippen LogP contribution in [0.5, 0.6) is 0 Å². The summed E-state index contributed by atoms with van der Waals surface area (Å²) in [6, 6.07) is 18.9. The quantitative estimate of drug-likeness (QED) is 0.675. The number of amides is 2. The van der Waals surface area contributed by atoms with Crippen molar-refractivity contribution in [3.05, 3.63) is 84.2 Å². The Morgan fingerprint density at radius 1 is 0.893 bits per heavy atom. The number of aromatic nitrogens is 1. The van der Waals surface area contributed by atoms with Crippen molar-refractivity contribution in [1.82, 2.24) is 9.47 Å². The Morgan fingerprint density at radius 2 is 1.50 bits per heavy atom. The lowest BCUT2D eigenvalue weighted by Crippen LogP contribution is -2.30. The highest BCUT2D eigenvalue weighted by Gasteiger charge is 2.12. The molecule has 1 N–H and O–H groups in total. The molecular weight excluding hydrogens is 350 g/mol. The molecular formula is C23H25N3O2. The van der Waals surface area contributed by atoms with Gasteiger partial charge in [-0.25, -0.2) is 0 Å². The van der Waals surface area contributed by atoms with Gasteiger partial charge in [0.15, 0.2) is 0 Å². The van der Waals surface area contributed by atoms with E-state index in [1.807, 2.05) is 67.2 Å². The smallest absolute Gasteiger partial charge is 0.253 e. The van der Waals surface area contributed by atoms with Crippen LogP contribution in [-0.2, 0) is 11.2 Å². The van der Waals surface area contributed by atoms with E-state index in [0.29, 0.717) is 30.8 Å². The van der Waals surface area contributed by atoms with E-state index in [4.69, 9.17) is 0 Å². The molecule has 2 amide bonds. The van der Waals surface area contributed by atoms with Crippen molar-refractivity contribution in [2.75, 3.05) is 18.4 Å². The van der Waals surface area contributed by atoms with Crippen molar-refractivity contribution >= 4 is 17.5 Å². The maximum atomic E-state index is 12.3. The Hall–Kier alpha value is -3.34. The van der Waals surface area contributed by atoms with Gasteiger partial charge in [-0.05, 0) is 67.9 Å². The summed E-state index contributed by atoms with van der Waals surface area (Å²) in [7, 11) is 0. The van der Waals surface area contributed by atoms with Crippen LogP contribution in [0.25, 0.3) is 5.69 Å². The normalized spacial score (nSPS) is 10.5. The molecule has 3 aromatic rings. The van der Waals surface area contributed by atoms with E-state index in [0.717, 1.165) is 11.3 Å². The van der Waals surface area contributed by atoms with Crippen molar-refractivity contribution in [2.45, 2.75) is 20.3 Å². The first-order valence-corrected chi connectivity index (χ1v) is 9.52. The van der Waals surface area contributed by atoms with Gasteiger partial charge in [0.05, 0.1) is 6.42 Å². The Balaban J connectivity index is 1.58. The Morgan fingerprint density at radius 3 is 2.07 bits per heavy atom. The van der Waals surface area contributed by atoms with Gasteiger partial charge >= 0.3 is 0 Å². The van der Waals surface area contributed by atoms with E-state index >= 15 is 0 Å². The molecule has 28 heavy (non-hydrogen) atoms. The molecule has 5 heteroatoms. The average Bonchev–Trinajstić information content (AvgIpc) is 3.25. The predicted octanol–water partition coefficient (Wildman–Crippen LogP) is 4.14. The minimum Gasteiger partial charge on any atom is -0.339 e. The zero-order chi connectivity index (χ0) is 19.9. The third-order valence-corrected chi connectivity index (χ3v) is 4.67. The van der Waals surface area contributed by atoms with Crippen molar-refractivity contribution < 1.29 is 9.59 Å². The number of carbonyl (C=O) groups is 2. The molecule has 0 fully saturated rings. The van der Waals surface area contributed by atoms with Gasteiger partial charge in [-0.15, -0.1) is 0 Å². The molecule has 0 bridgehead atoms. The van der Waals surface area contributed by atoms with Crippen LogP contribution in [0, 0.1) is 0 Å². The monoisotopic (exact) mass is 375 g/mol. The molecule has 0 atom stereocenters. The first kappa shape index (κ1) is 19.4. The van der Waals surface area contributed by atoms with E-state index in [1.54, 1.807) is 29.2 Å². The molecule has 0 saturated carbocycles. The number of rotatable bonds is 7. The van der Waals surface area contributed by atoms with Gasteiger partial charge in [0.2, 0.25) is 5.91 Å². The number of carbonyl (C=O) groups excluding carboxylic acids is 2. The fraction of sp³-hybridized carbons (Fsp3) is 0.217. The molecule has 0 saturated heterocycles. The second-order valence-electron chi connectivity index (χ2n) is 6.54. The maximum absolute atomic E-state index is 12.3. The standard InChI is InChI=1S/C23H25N3O2/c1-3-25(4-2)23(28)19-9-11-20(12-10-19)24-22(27)17-18-7-13-21(14-8-18)26-15-5-6-16-26/h5-16H,3-4,17H2,1-2H3,(H,24,27). The fourth-order valence-corrected chi connectivity index (χ4v) is 3.07. The van der Waals surface area contributed by atoms with Crippen molar-refractivity contribution in [3.8, 4) is 5.69 Å². The van der Waals surface area contributed by atoms with E-state index in [2.05, 4.69) is 5.32 Å². The van der Waals surface area contributed by atoms with Gasteiger partial charge < -0.3 is 14.8 Å². The van der Waals surface area contributed by atoms with Crippen LogP contribution in [0.3, 0.4) is 0 Å². The van der Waals surface area contributed by atoms with Gasteiger partial charge in [-0.2, -0.15) is 0 Å². The van der Waals surface area contributed by atoms with Gasteiger partial charge in [0, 0.05) is 42.4 Å². The van der Waals surface area contributed by atoms with Gasteiger partial charge in [-0.1, -0.05) is 12.1 Å². The summed E-state index contributed by atoms with van der Waals surface area (Å²) >= 11 is 0. The van der Waals surface area contributed by atoms with E-state index in [9.17, 15) is 9.59 Å². The van der Waals surface area contributed by atoms with E-state index < -0.39 is 0 Å². The molecule has 144 valence electrons. The summed E-state index contributed by atoms with van der Waals surface area (Å²) in [6.07, 6.45) is 4.26. The molecule has 0 aliphatic carbocycles. The lowest BCUT2D eigenvalue weighted by atomic mass is 10.1. The number of anilines is 1. The Labute approximate surface area is 165 Å². The van der Waals surface area contributed by atoms with E-state index in [1.165, 1.54) is 0 Å². The topological polar surface area (TPSA) is 54.3 Å². The second-order valence-corrected chi connectivity index (χ2v) is 6.54. The molecule has 0 aliphatic rings.